The fourth-order valence-electron chi connectivity index (χ4n) is 3.70. The van der Waals surface area contributed by atoms with Crippen LogP contribution in [0.25, 0.3) is 22.1 Å². The van der Waals surface area contributed by atoms with Gasteiger partial charge in [0.05, 0.1) is 5.56 Å². The number of benzene rings is 2. The fraction of sp³-hybridized carbons (Fsp3) is 0.391. The molecule has 0 aliphatic rings. The molecule has 7 heteroatoms. The summed E-state index contributed by atoms with van der Waals surface area (Å²) in [7, 11) is 0. The zero-order valence-electron chi connectivity index (χ0n) is 17.2. The number of hydrogen-bond acceptors (Lipinski definition) is 5. The van der Waals surface area contributed by atoms with Crippen molar-refractivity contribution in [3.63, 3.8) is 0 Å². The quantitative estimate of drug-likeness (QED) is 0.226. The van der Waals surface area contributed by atoms with Crippen LogP contribution >= 0.6 is 0 Å². The van der Waals surface area contributed by atoms with Crippen molar-refractivity contribution < 1.29 is 14.1 Å². The molecule has 30 heavy (non-hydrogen) atoms. The molecule has 0 bridgehead atoms. The van der Waals surface area contributed by atoms with Crippen molar-refractivity contribution in [2.75, 3.05) is 0 Å². The van der Waals surface area contributed by atoms with Gasteiger partial charge in [0.1, 0.15) is 10.7 Å². The highest BCUT2D eigenvalue weighted by Crippen LogP contribution is 2.20. The van der Waals surface area contributed by atoms with E-state index >= 15 is 0 Å². The Labute approximate surface area is 174 Å². The maximum atomic E-state index is 12.9. The van der Waals surface area contributed by atoms with Crippen LogP contribution in [0.2, 0.25) is 0 Å². The molecular formula is C23H26N4O3. The van der Waals surface area contributed by atoms with E-state index in [1.807, 2.05) is 0 Å². The number of aromatic nitrogens is 4. The van der Waals surface area contributed by atoms with Crippen LogP contribution in [-0.2, 0) is 6.42 Å². The van der Waals surface area contributed by atoms with Gasteiger partial charge in [-0.05, 0) is 36.8 Å². The van der Waals surface area contributed by atoms with Gasteiger partial charge < -0.3 is 9.62 Å². The number of carbonyl (C=O) groups excluding carboxylic acids is 1. The topological polar surface area (TPSA) is 87.9 Å². The number of rotatable bonds is 9. The van der Waals surface area contributed by atoms with Crippen LogP contribution in [0.5, 0.6) is 0 Å². The third-order valence-corrected chi connectivity index (χ3v) is 5.35. The fourth-order valence-corrected chi connectivity index (χ4v) is 3.70. The molecule has 0 unspecified atom stereocenters. The predicted octanol–water partition coefficient (Wildman–Crippen LogP) is 4.79. The van der Waals surface area contributed by atoms with Gasteiger partial charge in [0.2, 0.25) is 11.0 Å². The summed E-state index contributed by atoms with van der Waals surface area (Å²) in [6.07, 6.45) is 9.45. The van der Waals surface area contributed by atoms with Gasteiger partial charge >= 0.3 is 5.91 Å². The normalized spacial score (nSPS) is 11.5. The van der Waals surface area contributed by atoms with E-state index in [0.717, 1.165) is 17.5 Å². The van der Waals surface area contributed by atoms with Crippen molar-refractivity contribution in [1.82, 2.24) is 14.9 Å². The van der Waals surface area contributed by atoms with Crippen LogP contribution in [0.1, 0.15) is 68.1 Å². The maximum absolute atomic E-state index is 12.9. The van der Waals surface area contributed by atoms with Gasteiger partial charge in [0.25, 0.3) is 0 Å². The van der Waals surface area contributed by atoms with Crippen molar-refractivity contribution >= 4 is 28.0 Å². The lowest BCUT2D eigenvalue weighted by Gasteiger charge is -1.99. The van der Waals surface area contributed by atoms with Crippen LogP contribution in [0.15, 0.2) is 46.9 Å². The Kier molecular flexibility index (Phi) is 6.07. The van der Waals surface area contributed by atoms with E-state index in [4.69, 9.17) is 4.42 Å². The maximum Gasteiger partial charge on any atom is 0.366 e. The van der Waals surface area contributed by atoms with Crippen molar-refractivity contribution in [3.8, 4) is 0 Å². The average Bonchev–Trinajstić information content (AvgIpc) is 3.33. The van der Waals surface area contributed by atoms with Crippen molar-refractivity contribution in [2.45, 2.75) is 58.3 Å². The number of oxazole rings is 1. The van der Waals surface area contributed by atoms with Crippen LogP contribution in [-0.4, -0.2) is 20.8 Å². The summed E-state index contributed by atoms with van der Waals surface area (Å²) in [5.74, 6) is 0.324. The molecule has 0 aliphatic heterocycles. The second-order valence-electron chi connectivity index (χ2n) is 7.63. The lowest BCUT2D eigenvalue weighted by molar-refractivity contribution is -0.645. The lowest BCUT2D eigenvalue weighted by Crippen LogP contribution is -2.31. The Hall–Kier alpha value is -3.22. The van der Waals surface area contributed by atoms with E-state index in [-0.39, 0.29) is 5.91 Å². The number of nitrogens with zero attached hydrogens (tertiary/aromatic N) is 4. The minimum absolute atomic E-state index is 0.352. The Balaban J connectivity index is 1.45. The second-order valence-corrected chi connectivity index (χ2v) is 7.63. The molecule has 0 fully saturated rings. The number of carbonyl (C=O) groups is 1. The molecule has 0 saturated heterocycles. The molecule has 7 nitrogen and oxygen atoms in total. The van der Waals surface area contributed by atoms with Crippen LogP contribution in [0.3, 0.4) is 0 Å². The van der Waals surface area contributed by atoms with Crippen LogP contribution < -0.4 is 4.85 Å². The number of para-hydroxylation sites is 2. The van der Waals surface area contributed by atoms with E-state index in [0.29, 0.717) is 38.4 Å². The van der Waals surface area contributed by atoms with Gasteiger partial charge in [-0.1, -0.05) is 62.3 Å². The highest BCUT2D eigenvalue weighted by molar-refractivity contribution is 6.01. The third-order valence-electron chi connectivity index (χ3n) is 5.35. The Bertz CT molecular complexity index is 1160. The molecule has 0 amide bonds. The number of aryl methyl sites for hydroxylation is 1. The van der Waals surface area contributed by atoms with E-state index in [1.165, 1.54) is 38.5 Å². The molecule has 2 aromatic carbocycles. The number of unbranched alkanes of at least 4 members (excludes halogenated alkanes) is 6. The lowest BCUT2D eigenvalue weighted by atomic mass is 10.1. The SMILES string of the molecule is CCCCCCCCCc1nc2cc(C(=O)n3n[n+]([O-])c4ccccc43)ccc2o1. The van der Waals surface area contributed by atoms with Crippen molar-refractivity contribution in [3.05, 3.63) is 59.1 Å². The number of fused-ring (bicyclic) bond motifs is 2. The van der Waals surface area contributed by atoms with Crippen LogP contribution in [0.4, 0.5) is 0 Å². The molecule has 4 aromatic rings. The third kappa shape index (κ3) is 4.20. The van der Waals surface area contributed by atoms with Crippen molar-refractivity contribution in [2.24, 2.45) is 0 Å². The van der Waals surface area contributed by atoms with E-state index in [9.17, 15) is 10.0 Å². The van der Waals surface area contributed by atoms with Gasteiger partial charge in [-0.3, -0.25) is 0 Å². The molecule has 2 aromatic heterocycles. The summed E-state index contributed by atoms with van der Waals surface area (Å²) in [5.41, 5.74) is 2.54. The Morgan fingerprint density at radius 2 is 1.83 bits per heavy atom. The first-order valence-corrected chi connectivity index (χ1v) is 10.7. The summed E-state index contributed by atoms with van der Waals surface area (Å²) in [6, 6.07) is 12.0. The largest absolute Gasteiger partial charge is 0.691 e. The minimum atomic E-state index is -0.376. The van der Waals surface area contributed by atoms with Gasteiger partial charge in [-0.25, -0.2) is 9.78 Å². The van der Waals surface area contributed by atoms with Crippen molar-refractivity contribution in [1.29, 1.82) is 0 Å². The van der Waals surface area contributed by atoms with E-state index in [2.05, 4.69) is 17.1 Å². The molecule has 0 N–H and O–H groups in total. The summed E-state index contributed by atoms with van der Waals surface area (Å²) in [6.45, 7) is 2.23. The highest BCUT2D eigenvalue weighted by Gasteiger charge is 2.23. The smallest absolute Gasteiger partial charge is 0.366 e. The van der Waals surface area contributed by atoms with E-state index < -0.39 is 0 Å². The average molecular weight is 406 g/mol. The van der Waals surface area contributed by atoms with Gasteiger partial charge in [0.15, 0.2) is 11.5 Å². The monoisotopic (exact) mass is 406 g/mol. The summed E-state index contributed by atoms with van der Waals surface area (Å²) >= 11 is 0. The summed E-state index contributed by atoms with van der Waals surface area (Å²) in [5, 5.41) is 15.8. The first-order chi connectivity index (χ1) is 14.7. The number of hydrogen-bond donors (Lipinski definition) is 0. The molecule has 2 heterocycles. The molecule has 4 rings (SSSR count). The zero-order valence-corrected chi connectivity index (χ0v) is 17.2. The molecular weight excluding hydrogens is 380 g/mol. The Morgan fingerprint density at radius 1 is 1.07 bits per heavy atom. The highest BCUT2D eigenvalue weighted by atomic mass is 16.5. The minimum Gasteiger partial charge on any atom is -0.691 e. The Morgan fingerprint density at radius 3 is 2.67 bits per heavy atom. The molecule has 156 valence electrons. The predicted molar refractivity (Wildman–Crippen MR) is 114 cm³/mol. The second kappa shape index (κ2) is 9.07. The molecule has 0 aliphatic carbocycles. The molecule has 0 spiro atoms. The van der Waals surface area contributed by atoms with Gasteiger partial charge in [0, 0.05) is 6.42 Å². The van der Waals surface area contributed by atoms with E-state index in [1.54, 1.807) is 42.5 Å². The first kappa shape index (κ1) is 20.1. The standard InChI is InChI=1S/C23H26N4O3/c1-2-3-4-5-6-7-8-13-22-24-18-16-17(14-15-21(18)30-22)23(28)26-19-11-9-10-12-20(19)27(29)25-26/h9-12,14-16H,2-8,13H2,1H3. The molecule has 0 saturated carbocycles. The summed E-state index contributed by atoms with van der Waals surface area (Å²) < 4.78 is 6.96. The zero-order chi connectivity index (χ0) is 20.9. The van der Waals surface area contributed by atoms with Gasteiger partial charge in [-0.2, -0.15) is 0 Å². The van der Waals surface area contributed by atoms with Crippen LogP contribution in [0, 0.1) is 5.21 Å². The molecule has 0 radical (unpaired) electrons. The first-order valence-electron chi connectivity index (χ1n) is 10.7. The summed E-state index contributed by atoms with van der Waals surface area (Å²) in [4.78, 5) is 17.9. The van der Waals surface area contributed by atoms with Gasteiger partial charge in [-0.15, -0.1) is 4.85 Å². The molecule has 0 atom stereocenters.